The van der Waals surface area contributed by atoms with E-state index in [0.717, 1.165) is 4.90 Å². The van der Waals surface area contributed by atoms with E-state index >= 15 is 0 Å². The summed E-state index contributed by atoms with van der Waals surface area (Å²) in [5, 5.41) is 75.8. The van der Waals surface area contributed by atoms with Gasteiger partial charge in [-0.25, -0.2) is 4.79 Å². The van der Waals surface area contributed by atoms with Crippen molar-refractivity contribution in [3.8, 4) is 5.75 Å². The van der Waals surface area contributed by atoms with Crippen LogP contribution in [-0.2, 0) is 92.7 Å². The Balaban J connectivity index is 1.83. The van der Waals surface area contributed by atoms with E-state index < -0.39 is 249 Å². The molecule has 0 aliphatic carbocycles. The fraction of sp³-hybridized carbons (Fsp3) is 0.657. The molecule has 0 spiro atoms. The second-order valence-corrected chi connectivity index (χ2v) is 28.6. The maximum atomic E-state index is 14.6. The van der Waals surface area contributed by atoms with Crippen molar-refractivity contribution in [2.45, 2.75) is 249 Å². The number of aliphatic carboxylic acids is 3. The van der Waals surface area contributed by atoms with Crippen molar-refractivity contribution in [1.29, 1.82) is 0 Å². The summed E-state index contributed by atoms with van der Waals surface area (Å²) in [4.78, 5) is 243. The molecule has 15 amide bonds. The van der Waals surface area contributed by atoms with E-state index in [1.54, 1.807) is 13.8 Å². The lowest BCUT2D eigenvalue weighted by molar-refractivity contribution is -0.143. The number of amides is 15. The molecule has 0 radical (unpaired) electrons. The molecule has 1 aromatic carbocycles. The average Bonchev–Trinajstić information content (AvgIpc) is 1.63. The third-order valence-electron chi connectivity index (χ3n) is 18.1. The largest absolute Gasteiger partial charge is 0.508 e. The quantitative estimate of drug-likeness (QED) is 0.0271. The number of hydrogen-bond donors (Lipinski definition) is 20. The van der Waals surface area contributed by atoms with E-state index in [1.807, 2.05) is 13.8 Å². The van der Waals surface area contributed by atoms with Gasteiger partial charge in [-0.05, 0) is 133 Å². The molecular weight excluding hydrogens is 1450 g/mol. The van der Waals surface area contributed by atoms with Crippen molar-refractivity contribution in [2.24, 2.45) is 40.7 Å². The predicted molar refractivity (Wildman–Crippen MR) is 389 cm³/mol. The number of aliphatic hydroxyl groups excluding tert-OH is 1. The number of carboxylic acids is 3. The van der Waals surface area contributed by atoms with Crippen molar-refractivity contribution in [3.05, 3.63) is 29.8 Å². The van der Waals surface area contributed by atoms with Gasteiger partial charge in [-0.2, -0.15) is 0 Å². The number of nitrogens with one attached hydrogen (secondary N) is 11. The van der Waals surface area contributed by atoms with Gasteiger partial charge in [0, 0.05) is 38.8 Å². The Kier molecular flexibility index (Phi) is 39.1. The van der Waals surface area contributed by atoms with Gasteiger partial charge in [-0.15, -0.1) is 0 Å². The summed E-state index contributed by atoms with van der Waals surface area (Å²) in [7, 11) is 0. The molecule has 2 aliphatic heterocycles. The van der Waals surface area contributed by atoms with Crippen LogP contribution in [0.5, 0.6) is 5.75 Å². The molecule has 2 fully saturated rings. The molecule has 40 nitrogen and oxygen atoms in total. The zero-order valence-corrected chi connectivity index (χ0v) is 63.3. The molecule has 614 valence electrons. The fourth-order valence-corrected chi connectivity index (χ4v) is 12.1. The molecule has 0 aromatic heterocycles. The first-order chi connectivity index (χ1) is 51.6. The molecule has 1 aromatic rings. The average molecular weight is 1560 g/mol. The number of benzene rings is 1. The smallest absolute Gasteiger partial charge is 0.326 e. The minimum absolute atomic E-state index is 0.0163. The van der Waals surface area contributed by atoms with E-state index in [2.05, 4.69) is 58.5 Å². The Labute approximate surface area is 636 Å². The normalized spacial score (nSPS) is 17.3. The summed E-state index contributed by atoms with van der Waals surface area (Å²) in [6.07, 6.45) is -3.08. The highest BCUT2D eigenvalue weighted by molar-refractivity contribution is 6.01. The summed E-state index contributed by atoms with van der Waals surface area (Å²) in [6.45, 7) is 11.7. The fourth-order valence-electron chi connectivity index (χ4n) is 12.1. The lowest BCUT2D eigenvalue weighted by Crippen LogP contribution is -2.61. The van der Waals surface area contributed by atoms with Crippen LogP contribution in [0.1, 0.15) is 164 Å². The number of carbonyl (C=O) groups excluding carboxylic acids is 15. The summed E-state index contributed by atoms with van der Waals surface area (Å²) in [5.41, 5.74) is 22.8. The molecule has 3 rings (SSSR count). The minimum atomic E-state index is -1.87. The number of nitrogens with zero attached hydrogens (tertiary/aromatic N) is 2. The van der Waals surface area contributed by atoms with Crippen LogP contribution in [0.15, 0.2) is 24.3 Å². The number of primary amides is 2. The number of carboxylic acid groups (broad SMARTS) is 3. The Hall–Kier alpha value is -10.6. The molecule has 2 heterocycles. The zero-order valence-electron chi connectivity index (χ0n) is 63.3. The lowest BCUT2D eigenvalue weighted by atomic mass is 10.00. The van der Waals surface area contributed by atoms with Crippen molar-refractivity contribution < 1.29 is 112 Å². The highest BCUT2D eigenvalue weighted by Gasteiger charge is 2.43. The number of aliphatic hydroxyl groups is 1. The minimum Gasteiger partial charge on any atom is -0.508 e. The summed E-state index contributed by atoms with van der Waals surface area (Å²) in [5.74, 6) is -20.1. The predicted octanol–water partition coefficient (Wildman–Crippen LogP) is -5.56. The summed E-state index contributed by atoms with van der Waals surface area (Å²) < 4.78 is 0. The second kappa shape index (κ2) is 46.0. The van der Waals surface area contributed by atoms with Gasteiger partial charge in [-0.3, -0.25) is 81.5 Å². The summed E-state index contributed by atoms with van der Waals surface area (Å²) in [6, 6.07) is -15.4. The molecule has 24 N–H and O–H groups in total. The van der Waals surface area contributed by atoms with E-state index in [1.165, 1.54) is 56.9 Å². The van der Waals surface area contributed by atoms with Crippen LogP contribution in [0.2, 0.25) is 0 Å². The first-order valence-electron chi connectivity index (χ1n) is 36.6. The zero-order chi connectivity index (χ0) is 83.0. The standard InChI is InChI=1S/C70H111N17O23/c1-34(2)29-41(72)68(107)86-27-11-14-50(86)66(105)81-46(31-39-16-18-40(89)19-17-39)63(102)78-44(21-24-54(92)93)61(100)84-49(33-88)64(103)76-37(7)57(96)82-47(30-35(3)4)69(108)87-28-12-15-51(87)65(104)79-43(20-23-52(73)90)60(99)77-45(22-25-55(94)95)62(101)85-56(36(5)6)67(106)80-42(13-9-10-26-71)59(98)75-38(8)58(97)83-48(70(109)110)32-53(74)91/h16-19,34-38,41-51,56,88-89H,9-15,20-33,71-72H2,1-8H3,(H2,73,90)(H2,74,91)(H,75,98)(H,76,103)(H,77,99)(H,78,102)(H,79,104)(H,80,106)(H,81,105)(H,82,96)(H,83,97)(H,84,100)(H,85,101)(H,92,93)(H,94,95)(H,109,110)/t37-,38-,41-,42-,43-,44-,45-,46-,47-,48-,49-,50-,51-,56-/m0/s1. The Morgan fingerprint density at radius 3 is 1.32 bits per heavy atom. The van der Waals surface area contributed by atoms with Gasteiger partial charge in [0.1, 0.15) is 84.3 Å². The number of unbranched alkanes of at least 4 members (excludes halogenated alkanes) is 1. The second-order valence-electron chi connectivity index (χ2n) is 28.6. The number of phenols is 1. The first-order valence-corrected chi connectivity index (χ1v) is 36.6. The van der Waals surface area contributed by atoms with Crippen LogP contribution >= 0.6 is 0 Å². The van der Waals surface area contributed by atoms with Gasteiger partial charge in [0.2, 0.25) is 88.6 Å². The number of rotatable bonds is 48. The molecule has 0 saturated carbocycles. The molecule has 40 heteroatoms. The molecule has 14 atom stereocenters. The van der Waals surface area contributed by atoms with Crippen LogP contribution in [0.4, 0.5) is 0 Å². The van der Waals surface area contributed by atoms with Crippen LogP contribution in [-0.4, -0.2) is 253 Å². The lowest BCUT2D eigenvalue weighted by Gasteiger charge is -2.31. The number of aromatic hydroxyl groups is 1. The number of phenolic OH excluding ortho intramolecular Hbond substituents is 1. The van der Waals surface area contributed by atoms with Gasteiger partial charge in [0.05, 0.1) is 19.1 Å². The third-order valence-corrected chi connectivity index (χ3v) is 18.1. The highest BCUT2D eigenvalue weighted by Crippen LogP contribution is 2.24. The molecule has 0 unspecified atom stereocenters. The Morgan fingerprint density at radius 2 is 0.864 bits per heavy atom. The monoisotopic (exact) mass is 1560 g/mol. The van der Waals surface area contributed by atoms with Crippen LogP contribution in [0.3, 0.4) is 0 Å². The van der Waals surface area contributed by atoms with Crippen molar-refractivity contribution in [3.63, 3.8) is 0 Å². The number of carbonyl (C=O) groups is 18. The van der Waals surface area contributed by atoms with E-state index in [-0.39, 0.29) is 82.2 Å². The summed E-state index contributed by atoms with van der Waals surface area (Å²) >= 11 is 0. The Morgan fingerprint density at radius 1 is 0.455 bits per heavy atom. The molecule has 2 saturated heterocycles. The van der Waals surface area contributed by atoms with Gasteiger partial charge < -0.3 is 117 Å². The maximum absolute atomic E-state index is 14.6. The molecule has 2 aliphatic rings. The number of likely N-dealkylation sites (tertiary alicyclic amines) is 2. The van der Waals surface area contributed by atoms with Gasteiger partial charge in [0.25, 0.3) is 0 Å². The molecule has 0 bridgehead atoms. The molecule has 110 heavy (non-hydrogen) atoms. The van der Waals surface area contributed by atoms with Crippen molar-refractivity contribution in [1.82, 2.24) is 68.3 Å². The Bertz CT molecular complexity index is 3430. The van der Waals surface area contributed by atoms with E-state index in [9.17, 15) is 112 Å². The van der Waals surface area contributed by atoms with Gasteiger partial charge in [0.15, 0.2) is 0 Å². The van der Waals surface area contributed by atoms with Crippen LogP contribution in [0, 0.1) is 17.8 Å². The molecular formula is C70H111N17O23. The number of nitrogens with two attached hydrogens (primary N) is 4. The van der Waals surface area contributed by atoms with Gasteiger partial charge in [-0.1, -0.05) is 53.7 Å². The van der Waals surface area contributed by atoms with Gasteiger partial charge >= 0.3 is 17.9 Å². The SMILES string of the molecule is CC(C)C[C@H](NC(=O)[C@H](C)NC(=O)[C@H](CO)NC(=O)[C@H](CCC(=O)O)NC(=O)[C@H](Cc1ccc(O)cc1)NC(=O)[C@@H]1CCCN1C(=O)[C@@H](N)CC(C)C)C(=O)N1CCC[C@H]1C(=O)N[C@@H](CCC(N)=O)C(=O)N[C@@H](CCC(=O)O)C(=O)N[C@H](C(=O)N[C@@H](CCCCN)C(=O)N[C@@H](C)C(=O)N[C@@H](CC(N)=O)C(=O)O)C(C)C. The topological polar surface area (TPSA) is 651 Å². The highest BCUT2D eigenvalue weighted by atomic mass is 16.4. The van der Waals surface area contributed by atoms with Crippen LogP contribution in [0.25, 0.3) is 0 Å². The first kappa shape index (κ1) is 93.6. The van der Waals surface area contributed by atoms with Crippen molar-refractivity contribution in [2.75, 3.05) is 26.2 Å². The van der Waals surface area contributed by atoms with Crippen molar-refractivity contribution >= 4 is 107 Å². The van der Waals surface area contributed by atoms with E-state index in [4.69, 9.17) is 22.9 Å². The van der Waals surface area contributed by atoms with E-state index in [0.29, 0.717) is 24.8 Å². The number of hydrogen-bond acceptors (Lipinski definition) is 22. The van der Waals surface area contributed by atoms with Crippen LogP contribution < -0.4 is 81.4 Å². The third kappa shape index (κ3) is 31.5. The maximum Gasteiger partial charge on any atom is 0.326 e.